The molecular weight excluding hydrogens is 440 g/mol. The van der Waals surface area contributed by atoms with Gasteiger partial charge in [0, 0.05) is 12.2 Å². The van der Waals surface area contributed by atoms with E-state index < -0.39 is 29.9 Å². The quantitative estimate of drug-likeness (QED) is 0.0834. The number of allylic oxidation sites excluding steroid dienone is 7. The van der Waals surface area contributed by atoms with Crippen LogP contribution in [-0.4, -0.2) is 52.3 Å². The molecule has 0 spiro atoms. The van der Waals surface area contributed by atoms with Crippen molar-refractivity contribution in [1.82, 2.24) is 5.32 Å². The molecule has 186 valence electrons. The summed E-state index contributed by atoms with van der Waals surface area (Å²) in [5, 5.41) is 21.6. The molecule has 7 nitrogen and oxygen atoms in total. The Morgan fingerprint density at radius 3 is 2.42 bits per heavy atom. The van der Waals surface area contributed by atoms with Crippen molar-refractivity contribution >= 4 is 30.3 Å². The molecule has 1 amide bonds. The summed E-state index contributed by atoms with van der Waals surface area (Å²) in [6.07, 6.45) is 19.6. The molecule has 0 aliphatic heterocycles. The molecule has 33 heavy (non-hydrogen) atoms. The van der Waals surface area contributed by atoms with E-state index in [0.29, 0.717) is 12.8 Å². The minimum Gasteiger partial charge on any atom is -0.481 e. The molecule has 0 fully saturated rings. The maximum atomic E-state index is 12.6. The van der Waals surface area contributed by atoms with E-state index in [4.69, 9.17) is 10.8 Å². The van der Waals surface area contributed by atoms with Crippen LogP contribution in [0, 0.1) is 5.92 Å². The highest BCUT2D eigenvalue weighted by Gasteiger charge is 2.24. The van der Waals surface area contributed by atoms with E-state index in [1.807, 2.05) is 30.4 Å². The Kier molecular flexibility index (Phi) is 19.1. The van der Waals surface area contributed by atoms with Crippen molar-refractivity contribution in [2.75, 3.05) is 12.3 Å². The van der Waals surface area contributed by atoms with Crippen LogP contribution in [0.15, 0.2) is 48.6 Å². The van der Waals surface area contributed by atoms with Gasteiger partial charge in [0.1, 0.15) is 0 Å². The predicted octanol–water partition coefficient (Wildman–Crippen LogP) is 3.36. The Balaban J connectivity index is 4.69. The lowest BCUT2D eigenvalue weighted by molar-refractivity contribution is -0.137. The molecule has 0 saturated carbocycles. The zero-order chi connectivity index (χ0) is 24.9. The van der Waals surface area contributed by atoms with Crippen LogP contribution >= 0.6 is 12.6 Å². The van der Waals surface area contributed by atoms with E-state index in [0.717, 1.165) is 32.1 Å². The molecule has 8 heteroatoms. The van der Waals surface area contributed by atoms with Crippen molar-refractivity contribution in [3.8, 4) is 0 Å². The number of Topliss-reactive ketones (excluding diaryl/α,β-unsaturated/α-hetero) is 1. The number of thiol groups is 1. The molecule has 0 heterocycles. The molecular formula is C25H40N2O5S. The van der Waals surface area contributed by atoms with Gasteiger partial charge in [-0.2, -0.15) is 12.6 Å². The molecule has 0 aliphatic rings. The van der Waals surface area contributed by atoms with Gasteiger partial charge in [-0.1, -0.05) is 74.8 Å². The first-order valence-electron chi connectivity index (χ1n) is 11.5. The maximum Gasteiger partial charge on any atom is 0.303 e. The van der Waals surface area contributed by atoms with Crippen LogP contribution < -0.4 is 11.1 Å². The number of carbonyl (C=O) groups is 3. The van der Waals surface area contributed by atoms with Gasteiger partial charge >= 0.3 is 5.97 Å². The Labute approximate surface area is 203 Å². The first-order valence-corrected chi connectivity index (χ1v) is 12.2. The number of carboxylic acids is 1. The van der Waals surface area contributed by atoms with Crippen molar-refractivity contribution in [3.05, 3.63) is 48.6 Å². The fourth-order valence-corrected chi connectivity index (χ4v) is 3.04. The average molecular weight is 481 g/mol. The Bertz CT molecular complexity index is 688. The van der Waals surface area contributed by atoms with Crippen molar-refractivity contribution in [1.29, 1.82) is 0 Å². The Hall–Kier alpha value is -2.16. The van der Waals surface area contributed by atoms with Crippen molar-refractivity contribution < 1.29 is 24.6 Å². The number of nitrogens with one attached hydrogen (secondary N) is 1. The monoisotopic (exact) mass is 480 g/mol. The molecule has 0 bridgehead atoms. The van der Waals surface area contributed by atoms with Crippen LogP contribution in [0.4, 0.5) is 0 Å². The molecule has 0 radical (unpaired) electrons. The number of amides is 1. The van der Waals surface area contributed by atoms with E-state index in [9.17, 15) is 19.5 Å². The molecule has 0 unspecified atom stereocenters. The highest BCUT2D eigenvalue weighted by atomic mass is 32.1. The van der Waals surface area contributed by atoms with E-state index in [2.05, 4.69) is 24.9 Å². The summed E-state index contributed by atoms with van der Waals surface area (Å²) >= 11 is 3.97. The topological polar surface area (TPSA) is 130 Å². The first-order chi connectivity index (χ1) is 15.8. The van der Waals surface area contributed by atoms with Crippen LogP contribution in [-0.2, 0) is 14.4 Å². The lowest BCUT2D eigenvalue weighted by Gasteiger charge is -2.19. The summed E-state index contributed by atoms with van der Waals surface area (Å²) < 4.78 is 0. The van der Waals surface area contributed by atoms with Crippen LogP contribution in [0.1, 0.15) is 58.3 Å². The number of hydrogen-bond acceptors (Lipinski definition) is 6. The lowest BCUT2D eigenvalue weighted by atomic mass is 9.92. The van der Waals surface area contributed by atoms with Gasteiger partial charge < -0.3 is 21.3 Å². The lowest BCUT2D eigenvalue weighted by Crippen LogP contribution is -2.45. The molecule has 0 saturated heterocycles. The highest BCUT2D eigenvalue weighted by molar-refractivity contribution is 7.80. The zero-order valence-electron chi connectivity index (χ0n) is 19.6. The number of hydrogen-bond donors (Lipinski definition) is 5. The van der Waals surface area contributed by atoms with E-state index in [1.54, 1.807) is 18.2 Å². The van der Waals surface area contributed by atoms with E-state index >= 15 is 0 Å². The van der Waals surface area contributed by atoms with Gasteiger partial charge in [-0.25, -0.2) is 0 Å². The number of aliphatic hydroxyl groups excluding tert-OH is 1. The number of nitrogens with two attached hydrogens (primary N) is 1. The number of ketones is 1. The predicted molar refractivity (Wildman–Crippen MR) is 136 cm³/mol. The standard InChI is InChI=1S/C25H40N2O5S/c1-2-3-12-16-22(28)20(23(29)18-27-25(32)21(26)19-33)15-13-10-8-6-4-5-7-9-11-14-17-24(30)31/h4,6-10,13,15,20-22,28,33H,2-3,5,11-12,14,16-19,26H2,1H3,(H,27,32)(H,30,31)/b6-4-,9-7-,10-8+,15-13+/t20-,21+,22+/m1/s1. The van der Waals surface area contributed by atoms with Gasteiger partial charge in [-0.05, 0) is 25.7 Å². The average Bonchev–Trinajstić information content (AvgIpc) is 2.79. The fraction of sp³-hybridized carbons (Fsp3) is 0.560. The van der Waals surface area contributed by atoms with Gasteiger partial charge in [-0.15, -0.1) is 0 Å². The number of aliphatic hydroxyl groups is 1. The first kappa shape index (κ1) is 30.8. The summed E-state index contributed by atoms with van der Waals surface area (Å²) in [6, 6.07) is -0.779. The second-order valence-corrected chi connectivity index (χ2v) is 8.12. The van der Waals surface area contributed by atoms with E-state index in [1.165, 1.54) is 0 Å². The van der Waals surface area contributed by atoms with Crippen molar-refractivity contribution in [3.63, 3.8) is 0 Å². The summed E-state index contributed by atoms with van der Waals surface area (Å²) in [7, 11) is 0. The normalized spacial score (nSPS) is 14.9. The number of unbranched alkanes of at least 4 members (excludes halogenated alkanes) is 3. The van der Waals surface area contributed by atoms with Crippen molar-refractivity contribution in [2.45, 2.75) is 70.4 Å². The van der Waals surface area contributed by atoms with Gasteiger partial charge in [0.05, 0.1) is 24.6 Å². The molecule has 0 aromatic carbocycles. The highest BCUT2D eigenvalue weighted by Crippen LogP contribution is 2.15. The second-order valence-electron chi connectivity index (χ2n) is 7.75. The maximum absolute atomic E-state index is 12.6. The third-order valence-corrected chi connectivity index (χ3v) is 5.24. The summed E-state index contributed by atoms with van der Waals surface area (Å²) in [4.78, 5) is 34.8. The number of aliphatic carboxylic acids is 1. The van der Waals surface area contributed by atoms with Crippen LogP contribution in [0.5, 0.6) is 0 Å². The Morgan fingerprint density at radius 2 is 1.76 bits per heavy atom. The van der Waals surface area contributed by atoms with Crippen molar-refractivity contribution in [2.24, 2.45) is 11.7 Å². The van der Waals surface area contributed by atoms with Crippen LogP contribution in [0.25, 0.3) is 0 Å². The van der Waals surface area contributed by atoms with E-state index in [-0.39, 0.29) is 24.5 Å². The van der Waals surface area contributed by atoms with Gasteiger partial charge in [0.25, 0.3) is 0 Å². The molecule has 0 rings (SSSR count). The number of carboxylic acid groups (broad SMARTS) is 1. The largest absolute Gasteiger partial charge is 0.481 e. The summed E-state index contributed by atoms with van der Waals surface area (Å²) in [5.41, 5.74) is 5.60. The SMILES string of the molecule is CCCCC[C@H](O)[C@@H](/C=C/C=C/C=C\C/C=C\CCCC(=O)O)C(=O)CNC(=O)[C@@H](N)CS. The Morgan fingerprint density at radius 1 is 1.03 bits per heavy atom. The second kappa shape index (κ2) is 20.4. The fourth-order valence-electron chi connectivity index (χ4n) is 2.87. The molecule has 0 aliphatic carbocycles. The molecule has 0 aromatic rings. The smallest absolute Gasteiger partial charge is 0.303 e. The summed E-state index contributed by atoms with van der Waals surface area (Å²) in [5.74, 6) is -2.02. The minimum atomic E-state index is -0.814. The zero-order valence-corrected chi connectivity index (χ0v) is 20.5. The van der Waals surface area contributed by atoms with Crippen LogP contribution in [0.3, 0.4) is 0 Å². The molecule has 3 atom stereocenters. The van der Waals surface area contributed by atoms with Crippen LogP contribution in [0.2, 0.25) is 0 Å². The molecule has 5 N–H and O–H groups in total. The summed E-state index contributed by atoms with van der Waals surface area (Å²) in [6.45, 7) is 1.88. The minimum absolute atomic E-state index is 0.182. The number of rotatable bonds is 19. The van der Waals surface area contributed by atoms with Gasteiger partial charge in [0.15, 0.2) is 5.78 Å². The third kappa shape index (κ3) is 17.0. The van der Waals surface area contributed by atoms with Gasteiger partial charge in [0.2, 0.25) is 5.91 Å². The molecule has 0 aromatic heterocycles. The van der Waals surface area contributed by atoms with Gasteiger partial charge in [-0.3, -0.25) is 14.4 Å². The number of carbonyl (C=O) groups excluding carboxylic acids is 2. The third-order valence-electron chi connectivity index (χ3n) is 4.85.